The van der Waals surface area contributed by atoms with Gasteiger partial charge in [0.2, 0.25) is 0 Å². The van der Waals surface area contributed by atoms with Crippen LogP contribution in [0.1, 0.15) is 17.2 Å². The van der Waals surface area contributed by atoms with Crippen molar-refractivity contribution in [3.63, 3.8) is 0 Å². The van der Waals surface area contributed by atoms with Crippen molar-refractivity contribution in [2.75, 3.05) is 12.8 Å². The molecule has 1 unspecified atom stereocenters. The van der Waals surface area contributed by atoms with Crippen molar-refractivity contribution >= 4 is 17.8 Å². The first-order valence-electron chi connectivity index (χ1n) is 7.06. The quantitative estimate of drug-likeness (QED) is 0.718. The summed E-state index contributed by atoms with van der Waals surface area (Å²) in [5.41, 5.74) is 1.83. The first-order valence-corrected chi connectivity index (χ1v) is 8.29. The predicted octanol–water partition coefficient (Wildman–Crippen LogP) is 2.94. The normalized spacial score (nSPS) is 11.7. The summed E-state index contributed by atoms with van der Waals surface area (Å²) in [5, 5.41) is 15.5. The Hall–Kier alpha value is -1.98. The molecular weight excluding hydrogens is 296 g/mol. The van der Waals surface area contributed by atoms with Crippen LogP contribution >= 0.6 is 11.8 Å². The molecule has 0 bridgehead atoms. The lowest BCUT2D eigenvalue weighted by Crippen LogP contribution is -2.37. The average molecular weight is 316 g/mol. The van der Waals surface area contributed by atoms with E-state index < -0.39 is 6.10 Å². The molecule has 2 rings (SSSR count). The van der Waals surface area contributed by atoms with Gasteiger partial charge in [-0.2, -0.15) is 0 Å². The summed E-state index contributed by atoms with van der Waals surface area (Å²) in [6.45, 7) is 0.643. The van der Waals surface area contributed by atoms with Crippen LogP contribution in [0.25, 0.3) is 0 Å². The average Bonchev–Trinajstić information content (AvgIpc) is 2.58. The minimum atomic E-state index is -0.710. The van der Waals surface area contributed by atoms with Crippen LogP contribution in [0.3, 0.4) is 0 Å². The van der Waals surface area contributed by atoms with Gasteiger partial charge >= 0.3 is 6.03 Å². The van der Waals surface area contributed by atoms with Crippen LogP contribution in [0.2, 0.25) is 0 Å². The van der Waals surface area contributed by atoms with Crippen LogP contribution in [-0.2, 0) is 6.54 Å². The van der Waals surface area contributed by atoms with Gasteiger partial charge in [0.15, 0.2) is 0 Å². The van der Waals surface area contributed by atoms with Crippen molar-refractivity contribution in [2.45, 2.75) is 17.5 Å². The van der Waals surface area contributed by atoms with E-state index in [1.807, 2.05) is 60.9 Å². The molecule has 1 atom stereocenters. The molecule has 0 fully saturated rings. The Labute approximate surface area is 134 Å². The molecule has 2 amide bonds. The van der Waals surface area contributed by atoms with Crippen LogP contribution in [0.4, 0.5) is 4.79 Å². The molecule has 116 valence electrons. The highest BCUT2D eigenvalue weighted by atomic mass is 32.2. The molecule has 2 aromatic rings. The molecule has 0 aliphatic rings. The minimum absolute atomic E-state index is 0.180. The van der Waals surface area contributed by atoms with Crippen LogP contribution in [0.5, 0.6) is 0 Å². The molecule has 0 aromatic heterocycles. The third-order valence-corrected chi connectivity index (χ3v) is 4.00. The summed E-state index contributed by atoms with van der Waals surface area (Å²) in [6, 6.07) is 17.1. The second kappa shape index (κ2) is 8.46. The SMILES string of the molecule is CSc1ccc(C(O)CNC(=O)NCc2ccccc2)cc1. The minimum Gasteiger partial charge on any atom is -0.387 e. The molecule has 3 N–H and O–H groups in total. The Morgan fingerprint density at radius 1 is 1.09 bits per heavy atom. The van der Waals surface area contributed by atoms with E-state index in [1.165, 1.54) is 0 Å². The van der Waals surface area contributed by atoms with Crippen molar-refractivity contribution in [3.05, 3.63) is 65.7 Å². The molecule has 0 saturated heterocycles. The number of carbonyl (C=O) groups excluding carboxylic acids is 1. The summed E-state index contributed by atoms with van der Waals surface area (Å²) in [4.78, 5) is 12.9. The molecule has 2 aromatic carbocycles. The van der Waals surface area contributed by atoms with Gasteiger partial charge in [0.1, 0.15) is 0 Å². The monoisotopic (exact) mass is 316 g/mol. The number of urea groups is 1. The number of carbonyl (C=O) groups is 1. The molecule has 0 aliphatic heterocycles. The number of hydrogen-bond donors (Lipinski definition) is 3. The lowest BCUT2D eigenvalue weighted by atomic mass is 10.1. The lowest BCUT2D eigenvalue weighted by molar-refractivity contribution is 0.173. The van der Waals surface area contributed by atoms with Crippen LogP contribution < -0.4 is 10.6 Å². The maximum absolute atomic E-state index is 11.7. The zero-order valence-electron chi connectivity index (χ0n) is 12.5. The Balaban J connectivity index is 1.75. The van der Waals surface area contributed by atoms with Gasteiger partial charge in [-0.05, 0) is 29.5 Å². The van der Waals surface area contributed by atoms with Gasteiger partial charge in [-0.1, -0.05) is 42.5 Å². The van der Waals surface area contributed by atoms with Crippen molar-refractivity contribution in [3.8, 4) is 0 Å². The van der Waals surface area contributed by atoms with Gasteiger partial charge in [-0.25, -0.2) is 4.79 Å². The molecule has 0 saturated carbocycles. The maximum Gasteiger partial charge on any atom is 0.315 e. The fourth-order valence-corrected chi connectivity index (χ4v) is 2.38. The van der Waals surface area contributed by atoms with Gasteiger partial charge in [-0.3, -0.25) is 0 Å². The van der Waals surface area contributed by atoms with E-state index in [9.17, 15) is 9.90 Å². The molecule has 22 heavy (non-hydrogen) atoms. The van der Waals surface area contributed by atoms with Crippen LogP contribution in [-0.4, -0.2) is 23.9 Å². The second-order valence-electron chi connectivity index (χ2n) is 4.84. The highest BCUT2D eigenvalue weighted by Gasteiger charge is 2.09. The predicted molar refractivity (Wildman–Crippen MR) is 89.9 cm³/mol. The first kappa shape index (κ1) is 16.4. The number of thioether (sulfide) groups is 1. The number of rotatable bonds is 6. The van der Waals surface area contributed by atoms with E-state index in [1.54, 1.807) is 11.8 Å². The van der Waals surface area contributed by atoms with E-state index in [2.05, 4.69) is 10.6 Å². The summed E-state index contributed by atoms with van der Waals surface area (Å²) >= 11 is 1.65. The number of aliphatic hydroxyl groups excluding tert-OH is 1. The highest BCUT2D eigenvalue weighted by molar-refractivity contribution is 7.98. The zero-order valence-corrected chi connectivity index (χ0v) is 13.3. The molecular formula is C17H20N2O2S. The van der Waals surface area contributed by atoms with Crippen molar-refractivity contribution < 1.29 is 9.90 Å². The van der Waals surface area contributed by atoms with Crippen LogP contribution in [0, 0.1) is 0 Å². The summed E-state index contributed by atoms with van der Waals surface area (Å²) in [7, 11) is 0. The summed E-state index contributed by atoms with van der Waals surface area (Å²) < 4.78 is 0. The standard InChI is InChI=1S/C17H20N2O2S/c1-22-15-9-7-14(8-10-15)16(20)12-19-17(21)18-11-13-5-3-2-4-6-13/h2-10,16,20H,11-12H2,1H3,(H2,18,19,21). The molecule has 0 heterocycles. The van der Waals surface area contributed by atoms with Gasteiger partial charge in [0.05, 0.1) is 6.10 Å². The smallest absolute Gasteiger partial charge is 0.315 e. The third-order valence-electron chi connectivity index (χ3n) is 3.25. The first-order chi connectivity index (χ1) is 10.7. The topological polar surface area (TPSA) is 61.4 Å². The fraction of sp³-hybridized carbons (Fsp3) is 0.235. The Morgan fingerprint density at radius 3 is 2.41 bits per heavy atom. The Kier molecular flexibility index (Phi) is 6.30. The van der Waals surface area contributed by atoms with Gasteiger partial charge in [-0.15, -0.1) is 11.8 Å². The maximum atomic E-state index is 11.7. The Morgan fingerprint density at radius 2 is 1.77 bits per heavy atom. The second-order valence-corrected chi connectivity index (χ2v) is 5.72. The van der Waals surface area contributed by atoms with Gasteiger partial charge in [0.25, 0.3) is 0 Å². The summed E-state index contributed by atoms with van der Waals surface area (Å²) in [6.07, 6.45) is 1.29. The Bertz CT molecular complexity index is 587. The molecule has 4 nitrogen and oxygen atoms in total. The zero-order chi connectivity index (χ0) is 15.8. The number of nitrogens with one attached hydrogen (secondary N) is 2. The molecule has 5 heteroatoms. The van der Waals surface area contributed by atoms with Gasteiger partial charge < -0.3 is 15.7 Å². The fourth-order valence-electron chi connectivity index (χ4n) is 1.97. The van der Waals surface area contributed by atoms with Crippen molar-refractivity contribution in [1.29, 1.82) is 0 Å². The highest BCUT2D eigenvalue weighted by Crippen LogP contribution is 2.18. The third kappa shape index (κ3) is 5.09. The van der Waals surface area contributed by atoms with Gasteiger partial charge in [0, 0.05) is 18.0 Å². The summed E-state index contributed by atoms with van der Waals surface area (Å²) in [5.74, 6) is 0. The molecule has 0 radical (unpaired) electrons. The van der Waals surface area contributed by atoms with Crippen molar-refractivity contribution in [1.82, 2.24) is 10.6 Å². The molecule has 0 aliphatic carbocycles. The van der Waals surface area contributed by atoms with E-state index in [0.29, 0.717) is 6.54 Å². The number of benzene rings is 2. The van der Waals surface area contributed by atoms with E-state index in [0.717, 1.165) is 16.0 Å². The van der Waals surface area contributed by atoms with E-state index >= 15 is 0 Å². The van der Waals surface area contributed by atoms with E-state index in [4.69, 9.17) is 0 Å². The number of aliphatic hydroxyl groups is 1. The van der Waals surface area contributed by atoms with E-state index in [-0.39, 0.29) is 12.6 Å². The number of hydrogen-bond acceptors (Lipinski definition) is 3. The number of amides is 2. The lowest BCUT2D eigenvalue weighted by Gasteiger charge is -2.13. The molecule has 0 spiro atoms. The van der Waals surface area contributed by atoms with Crippen molar-refractivity contribution in [2.24, 2.45) is 0 Å². The van der Waals surface area contributed by atoms with Crippen LogP contribution in [0.15, 0.2) is 59.5 Å². The largest absolute Gasteiger partial charge is 0.387 e.